The lowest BCUT2D eigenvalue weighted by Gasteiger charge is -2.46. The lowest BCUT2D eigenvalue weighted by atomic mass is 9.72. The molecule has 3 heterocycles. The molecule has 0 bridgehead atoms. The zero-order chi connectivity index (χ0) is 41.5. The van der Waals surface area contributed by atoms with Crippen molar-refractivity contribution in [3.8, 4) is 0 Å². The van der Waals surface area contributed by atoms with E-state index in [0.29, 0.717) is 63.3 Å². The highest BCUT2D eigenvalue weighted by molar-refractivity contribution is 6.42. The van der Waals surface area contributed by atoms with Gasteiger partial charge in [-0.25, -0.2) is 0 Å². The number of alkyl halides is 6. The molecule has 1 N–H and O–H groups in total. The normalized spacial score (nSPS) is 22.6. The van der Waals surface area contributed by atoms with Crippen LogP contribution in [0, 0.1) is 5.92 Å². The first-order chi connectivity index (χ1) is 27.5. The highest BCUT2D eigenvalue weighted by Gasteiger charge is 2.50. The topological polar surface area (TPSA) is 82.5 Å². The Labute approximate surface area is 355 Å². The molecule has 3 aromatic carbocycles. The van der Waals surface area contributed by atoms with Gasteiger partial charge in [0.25, 0.3) is 5.91 Å². The van der Waals surface area contributed by atoms with Crippen LogP contribution in [-0.2, 0) is 44.1 Å². The van der Waals surface area contributed by atoms with Gasteiger partial charge in [0.05, 0.1) is 40.4 Å². The van der Waals surface area contributed by atoms with Gasteiger partial charge in [-0.2, -0.15) is 26.3 Å². The standard InChI is InChI=1S/C42H45Cl2F6N3O5.ClH/c43-34-6-5-30(23-35(34)44)40(26-53(17-18-58-40)38(56)29-19-31(41(45,46)47)22-32(20-29)42(48,49)50)11-16-51-14-9-39(10-15-51)33-4-2-1-3-28(33)21-36(39)57-25-37(55)52-12-7-27(24-54)8-13-52;/h1-6,19-20,22-23,27,36,54H,7-18,21,24-26H2;1H/t36-,40+;/m0./s1. The predicted octanol–water partition coefficient (Wildman–Crippen LogP) is 8.42. The molecular formula is C42H46Cl3F6N3O5. The van der Waals surface area contributed by atoms with Crippen LogP contribution in [0.1, 0.15) is 70.3 Å². The van der Waals surface area contributed by atoms with Crippen molar-refractivity contribution in [1.82, 2.24) is 14.7 Å². The molecule has 7 rings (SSSR count). The molecule has 0 saturated carbocycles. The molecule has 0 aromatic heterocycles. The Kier molecular flexibility index (Phi) is 13.9. The average molecular weight is 893 g/mol. The quantitative estimate of drug-likeness (QED) is 0.218. The van der Waals surface area contributed by atoms with Crippen LogP contribution in [0.3, 0.4) is 0 Å². The fourth-order valence-corrected chi connectivity index (χ4v) is 9.47. The lowest BCUT2D eigenvalue weighted by Crippen LogP contribution is -2.54. The molecule has 0 radical (unpaired) electrons. The van der Waals surface area contributed by atoms with Crippen LogP contribution in [0.25, 0.3) is 0 Å². The molecule has 322 valence electrons. The number of fused-ring (bicyclic) bond motifs is 2. The zero-order valence-corrected chi connectivity index (χ0v) is 34.4. The largest absolute Gasteiger partial charge is 0.416 e. The van der Waals surface area contributed by atoms with Gasteiger partial charge in [0.15, 0.2) is 0 Å². The minimum absolute atomic E-state index is 0. The van der Waals surface area contributed by atoms with Gasteiger partial charge >= 0.3 is 12.4 Å². The fourth-order valence-electron chi connectivity index (χ4n) is 9.17. The Morgan fingerprint density at radius 1 is 0.847 bits per heavy atom. The molecule has 2 amide bonds. The van der Waals surface area contributed by atoms with Crippen LogP contribution >= 0.6 is 35.6 Å². The number of amides is 2. The first kappa shape index (κ1) is 45.4. The third-order valence-corrected chi connectivity index (χ3v) is 13.3. The van der Waals surface area contributed by atoms with Crippen LogP contribution in [0.15, 0.2) is 60.7 Å². The summed E-state index contributed by atoms with van der Waals surface area (Å²) in [4.78, 5) is 32.4. The third kappa shape index (κ3) is 9.69. The Morgan fingerprint density at radius 2 is 1.51 bits per heavy atom. The summed E-state index contributed by atoms with van der Waals surface area (Å²) >= 11 is 12.7. The number of piperidine rings is 2. The summed E-state index contributed by atoms with van der Waals surface area (Å²) in [6, 6.07) is 14.1. The maximum atomic E-state index is 13.8. The lowest BCUT2D eigenvalue weighted by molar-refractivity contribution is -0.143. The van der Waals surface area contributed by atoms with Crippen molar-refractivity contribution >= 4 is 47.4 Å². The number of nitrogens with zero attached hydrogens (tertiary/aromatic N) is 3. The van der Waals surface area contributed by atoms with Crippen molar-refractivity contribution in [1.29, 1.82) is 0 Å². The number of aliphatic hydroxyl groups excluding tert-OH is 1. The fraction of sp³-hybridized carbons (Fsp3) is 0.524. The Balaban J connectivity index is 0.00000585. The second-order valence-electron chi connectivity index (χ2n) is 15.9. The summed E-state index contributed by atoms with van der Waals surface area (Å²) in [5.41, 5.74) is -2.42. The van der Waals surface area contributed by atoms with E-state index in [9.17, 15) is 41.0 Å². The van der Waals surface area contributed by atoms with Crippen LogP contribution in [-0.4, -0.2) is 103 Å². The van der Waals surface area contributed by atoms with Crippen LogP contribution < -0.4 is 0 Å². The van der Waals surface area contributed by atoms with Gasteiger partial charge in [0.2, 0.25) is 5.91 Å². The molecule has 3 saturated heterocycles. The molecule has 1 aliphatic carbocycles. The number of rotatable bonds is 9. The van der Waals surface area contributed by atoms with Gasteiger partial charge in [-0.05, 0) is 105 Å². The molecule has 59 heavy (non-hydrogen) atoms. The van der Waals surface area contributed by atoms with E-state index in [2.05, 4.69) is 17.0 Å². The van der Waals surface area contributed by atoms with E-state index in [-0.39, 0.29) is 84.8 Å². The van der Waals surface area contributed by atoms with Crippen molar-refractivity contribution in [2.45, 2.75) is 68.0 Å². The number of carbonyl (C=O) groups is 2. The van der Waals surface area contributed by atoms with E-state index in [4.69, 9.17) is 32.7 Å². The molecule has 2 atom stereocenters. The van der Waals surface area contributed by atoms with Crippen LogP contribution in [0.2, 0.25) is 10.0 Å². The molecular weight excluding hydrogens is 847 g/mol. The van der Waals surface area contributed by atoms with Crippen molar-refractivity contribution in [2.75, 3.05) is 65.6 Å². The first-order valence-corrected chi connectivity index (χ1v) is 20.3. The molecule has 3 fully saturated rings. The molecule has 3 aliphatic heterocycles. The number of carbonyl (C=O) groups excluding carboxylic acids is 2. The molecule has 8 nitrogen and oxygen atoms in total. The number of aliphatic hydroxyl groups is 1. The molecule has 17 heteroatoms. The number of morpholine rings is 1. The number of benzene rings is 3. The van der Waals surface area contributed by atoms with E-state index >= 15 is 0 Å². The first-order valence-electron chi connectivity index (χ1n) is 19.5. The van der Waals surface area contributed by atoms with Crippen molar-refractivity contribution < 1.29 is 50.5 Å². The van der Waals surface area contributed by atoms with E-state index < -0.39 is 40.6 Å². The van der Waals surface area contributed by atoms with Gasteiger partial charge in [0.1, 0.15) is 12.2 Å². The molecule has 4 aliphatic rings. The second-order valence-corrected chi connectivity index (χ2v) is 16.7. The number of hydrogen-bond donors (Lipinski definition) is 1. The van der Waals surface area contributed by atoms with E-state index in [1.165, 1.54) is 16.0 Å². The highest BCUT2D eigenvalue weighted by atomic mass is 35.5. The van der Waals surface area contributed by atoms with Crippen molar-refractivity contribution in [2.24, 2.45) is 5.92 Å². The molecule has 3 aromatic rings. The van der Waals surface area contributed by atoms with E-state index in [1.54, 1.807) is 18.2 Å². The van der Waals surface area contributed by atoms with Crippen LogP contribution in [0.4, 0.5) is 26.3 Å². The van der Waals surface area contributed by atoms with Gasteiger partial charge in [-0.1, -0.05) is 53.5 Å². The molecule has 1 spiro atoms. The number of halogens is 9. The number of hydrogen-bond acceptors (Lipinski definition) is 6. The van der Waals surface area contributed by atoms with Crippen molar-refractivity contribution in [3.05, 3.63) is 104 Å². The average Bonchev–Trinajstić information content (AvgIpc) is 3.51. The Morgan fingerprint density at radius 3 is 2.14 bits per heavy atom. The third-order valence-electron chi connectivity index (χ3n) is 12.5. The molecule has 0 unspecified atom stereocenters. The Hall–Kier alpha value is -3.11. The summed E-state index contributed by atoms with van der Waals surface area (Å²) in [5, 5.41) is 9.99. The summed E-state index contributed by atoms with van der Waals surface area (Å²) < 4.78 is 95.2. The summed E-state index contributed by atoms with van der Waals surface area (Å²) in [5.74, 6) is -0.822. The number of likely N-dealkylation sites (tertiary alicyclic amines) is 2. The summed E-state index contributed by atoms with van der Waals surface area (Å²) in [6.07, 6.45) is -6.41. The predicted molar refractivity (Wildman–Crippen MR) is 212 cm³/mol. The smallest absolute Gasteiger partial charge is 0.396 e. The number of ether oxygens (including phenoxy) is 2. The monoisotopic (exact) mass is 891 g/mol. The SMILES string of the molecule is Cl.O=C(CO[C@H]1Cc2ccccc2C12CCN(CC[C@]1(c3ccc(Cl)c(Cl)c3)CN(C(=O)c3cc(C(F)(F)F)cc(C(F)(F)F)c3)CCO1)CC2)N1CCC(CO)CC1. The minimum atomic E-state index is -5.11. The zero-order valence-electron chi connectivity index (χ0n) is 32.1. The maximum absolute atomic E-state index is 13.8. The summed E-state index contributed by atoms with van der Waals surface area (Å²) in [7, 11) is 0. The van der Waals surface area contributed by atoms with E-state index in [0.717, 1.165) is 25.7 Å². The van der Waals surface area contributed by atoms with Crippen molar-refractivity contribution in [3.63, 3.8) is 0 Å². The van der Waals surface area contributed by atoms with Gasteiger partial charge < -0.3 is 29.3 Å². The van der Waals surface area contributed by atoms with Gasteiger partial charge in [-0.15, -0.1) is 12.4 Å². The van der Waals surface area contributed by atoms with E-state index in [1.807, 2.05) is 17.0 Å². The van der Waals surface area contributed by atoms with Crippen LogP contribution in [0.5, 0.6) is 0 Å². The maximum Gasteiger partial charge on any atom is 0.416 e. The van der Waals surface area contributed by atoms with Gasteiger partial charge in [-0.3, -0.25) is 9.59 Å². The Bertz CT molecular complexity index is 1960. The second kappa shape index (κ2) is 18.1. The van der Waals surface area contributed by atoms with Gasteiger partial charge in [0, 0.05) is 43.8 Å². The summed E-state index contributed by atoms with van der Waals surface area (Å²) in [6.45, 7) is 2.86. The highest BCUT2D eigenvalue weighted by Crippen LogP contribution is 2.48. The minimum Gasteiger partial charge on any atom is -0.396 e.